The molecule has 24 heavy (non-hydrogen) atoms. The Morgan fingerprint density at radius 1 is 1.12 bits per heavy atom. The minimum atomic E-state index is -0.0319. The van der Waals surface area contributed by atoms with E-state index in [9.17, 15) is 5.11 Å². The SMILES string of the molecule is Cc1ccccc1N=Cc1sc(=S)n(C(C)c2ccccc2)c1O. The van der Waals surface area contributed by atoms with E-state index in [2.05, 4.69) is 4.99 Å². The van der Waals surface area contributed by atoms with E-state index in [0.717, 1.165) is 16.8 Å². The lowest BCUT2D eigenvalue weighted by Crippen LogP contribution is -2.06. The van der Waals surface area contributed by atoms with Crippen molar-refractivity contribution in [1.29, 1.82) is 0 Å². The zero-order chi connectivity index (χ0) is 17.1. The Labute approximate surface area is 150 Å². The molecule has 0 aliphatic rings. The molecule has 1 N–H and O–H groups in total. The van der Waals surface area contributed by atoms with Crippen molar-refractivity contribution in [3.63, 3.8) is 0 Å². The van der Waals surface area contributed by atoms with Crippen LogP contribution in [0, 0.1) is 10.9 Å². The molecular formula is C19H18N2OS2. The maximum absolute atomic E-state index is 10.6. The lowest BCUT2D eigenvalue weighted by molar-refractivity contribution is 0.405. The summed E-state index contributed by atoms with van der Waals surface area (Å²) in [5.41, 5.74) is 3.08. The maximum Gasteiger partial charge on any atom is 0.212 e. The van der Waals surface area contributed by atoms with Crippen LogP contribution in [0.3, 0.4) is 0 Å². The van der Waals surface area contributed by atoms with Crippen LogP contribution in [0.5, 0.6) is 5.88 Å². The molecule has 3 nitrogen and oxygen atoms in total. The van der Waals surface area contributed by atoms with Gasteiger partial charge in [0.25, 0.3) is 0 Å². The molecule has 0 aliphatic carbocycles. The first-order valence-electron chi connectivity index (χ1n) is 7.67. The fourth-order valence-electron chi connectivity index (χ4n) is 2.54. The van der Waals surface area contributed by atoms with E-state index in [1.165, 1.54) is 11.3 Å². The number of rotatable bonds is 4. The van der Waals surface area contributed by atoms with Crippen molar-refractivity contribution in [2.24, 2.45) is 4.99 Å². The van der Waals surface area contributed by atoms with E-state index < -0.39 is 0 Å². The largest absolute Gasteiger partial charge is 0.493 e. The lowest BCUT2D eigenvalue weighted by Gasteiger charge is -2.14. The summed E-state index contributed by atoms with van der Waals surface area (Å²) in [6.07, 6.45) is 1.69. The van der Waals surface area contributed by atoms with Gasteiger partial charge in [0.05, 0.1) is 17.9 Å². The topological polar surface area (TPSA) is 37.5 Å². The number of thiazole rings is 1. The van der Waals surface area contributed by atoms with Crippen LogP contribution in [-0.2, 0) is 0 Å². The zero-order valence-electron chi connectivity index (χ0n) is 13.5. The summed E-state index contributed by atoms with van der Waals surface area (Å²) in [6, 6.07) is 17.9. The molecule has 0 amide bonds. The Hall–Kier alpha value is -2.24. The molecule has 1 unspecified atom stereocenters. The number of para-hydroxylation sites is 1. The molecule has 0 bridgehead atoms. The van der Waals surface area contributed by atoms with E-state index in [0.29, 0.717) is 8.83 Å². The number of aliphatic imine (C=N–C) groups is 1. The van der Waals surface area contributed by atoms with E-state index in [4.69, 9.17) is 12.2 Å². The molecule has 3 aromatic rings. The molecule has 1 heterocycles. The highest BCUT2D eigenvalue weighted by Crippen LogP contribution is 2.31. The number of nitrogens with zero attached hydrogens (tertiary/aromatic N) is 2. The molecule has 0 spiro atoms. The van der Waals surface area contributed by atoms with Crippen molar-refractivity contribution in [2.45, 2.75) is 19.9 Å². The summed E-state index contributed by atoms with van der Waals surface area (Å²) >= 11 is 6.82. The third-order valence-corrected chi connectivity index (χ3v) is 5.27. The normalized spacial score (nSPS) is 12.6. The van der Waals surface area contributed by atoms with Gasteiger partial charge in [-0.05, 0) is 43.3 Å². The zero-order valence-corrected chi connectivity index (χ0v) is 15.1. The number of aromatic nitrogens is 1. The van der Waals surface area contributed by atoms with Gasteiger partial charge in [0.15, 0.2) is 3.95 Å². The predicted molar refractivity (Wildman–Crippen MR) is 103 cm³/mol. The van der Waals surface area contributed by atoms with Gasteiger partial charge in [-0.2, -0.15) is 0 Å². The molecule has 1 aromatic heterocycles. The molecule has 0 saturated carbocycles. The molecule has 0 saturated heterocycles. The molecule has 1 atom stereocenters. The highest BCUT2D eigenvalue weighted by Gasteiger charge is 2.16. The van der Waals surface area contributed by atoms with Gasteiger partial charge in [0.2, 0.25) is 5.88 Å². The van der Waals surface area contributed by atoms with Crippen molar-refractivity contribution < 1.29 is 5.11 Å². The third-order valence-electron chi connectivity index (χ3n) is 3.95. The summed E-state index contributed by atoms with van der Waals surface area (Å²) in [5, 5.41) is 10.6. The quantitative estimate of drug-likeness (QED) is 0.485. The number of aromatic hydroxyl groups is 1. The molecule has 3 rings (SSSR count). The van der Waals surface area contributed by atoms with Crippen molar-refractivity contribution in [2.75, 3.05) is 0 Å². The highest BCUT2D eigenvalue weighted by atomic mass is 32.1. The fraction of sp³-hybridized carbons (Fsp3) is 0.158. The van der Waals surface area contributed by atoms with Gasteiger partial charge in [-0.15, -0.1) is 0 Å². The summed E-state index contributed by atoms with van der Waals surface area (Å²) in [6.45, 7) is 4.04. The second-order valence-corrected chi connectivity index (χ2v) is 7.23. The molecule has 0 aliphatic heterocycles. The number of hydrogen-bond donors (Lipinski definition) is 1. The molecule has 0 fully saturated rings. The minimum Gasteiger partial charge on any atom is -0.493 e. The Morgan fingerprint density at radius 3 is 2.50 bits per heavy atom. The molecule has 122 valence electrons. The first-order chi connectivity index (χ1) is 11.6. The summed E-state index contributed by atoms with van der Waals surface area (Å²) in [7, 11) is 0. The van der Waals surface area contributed by atoms with Crippen molar-refractivity contribution in [3.05, 3.63) is 74.6 Å². The average molecular weight is 355 g/mol. The first kappa shape index (κ1) is 16.6. The van der Waals surface area contributed by atoms with Gasteiger partial charge in [0.1, 0.15) is 4.88 Å². The van der Waals surface area contributed by atoms with Gasteiger partial charge in [-0.1, -0.05) is 59.9 Å². The molecule has 5 heteroatoms. The van der Waals surface area contributed by atoms with Crippen molar-refractivity contribution in [3.8, 4) is 5.88 Å². The van der Waals surface area contributed by atoms with Crippen LogP contribution in [0.1, 0.15) is 29.0 Å². The van der Waals surface area contributed by atoms with Gasteiger partial charge in [0, 0.05) is 0 Å². The van der Waals surface area contributed by atoms with Gasteiger partial charge in [-0.25, -0.2) is 0 Å². The number of benzene rings is 2. The molecule has 2 aromatic carbocycles. The van der Waals surface area contributed by atoms with Crippen LogP contribution in [0.25, 0.3) is 0 Å². The van der Waals surface area contributed by atoms with Crippen LogP contribution >= 0.6 is 23.6 Å². The second kappa shape index (κ2) is 7.11. The Bertz CT molecular complexity index is 926. The minimum absolute atomic E-state index is 0.0319. The third kappa shape index (κ3) is 3.32. The van der Waals surface area contributed by atoms with E-state index in [-0.39, 0.29) is 11.9 Å². The van der Waals surface area contributed by atoms with Crippen LogP contribution in [0.4, 0.5) is 5.69 Å². The first-order valence-corrected chi connectivity index (χ1v) is 8.89. The van der Waals surface area contributed by atoms with E-state index in [1.54, 1.807) is 10.8 Å². The van der Waals surface area contributed by atoms with Crippen molar-refractivity contribution in [1.82, 2.24) is 4.57 Å². The fourth-order valence-corrected chi connectivity index (χ4v) is 3.88. The van der Waals surface area contributed by atoms with Gasteiger partial charge in [-0.3, -0.25) is 9.56 Å². The second-order valence-electron chi connectivity index (χ2n) is 5.56. The summed E-state index contributed by atoms with van der Waals surface area (Å²) < 4.78 is 2.41. The van der Waals surface area contributed by atoms with Crippen molar-refractivity contribution >= 4 is 35.5 Å². The number of aryl methyl sites for hydroxylation is 1. The van der Waals surface area contributed by atoms with Gasteiger partial charge >= 0.3 is 0 Å². The predicted octanol–water partition coefficient (Wildman–Crippen LogP) is 5.65. The van der Waals surface area contributed by atoms with Crippen LogP contribution < -0.4 is 0 Å². The van der Waals surface area contributed by atoms with E-state index >= 15 is 0 Å². The average Bonchev–Trinajstić information content (AvgIpc) is 2.88. The number of hydrogen-bond acceptors (Lipinski definition) is 4. The van der Waals surface area contributed by atoms with E-state index in [1.807, 2.05) is 68.4 Å². The van der Waals surface area contributed by atoms with Crippen LogP contribution in [0.2, 0.25) is 0 Å². The Kier molecular flexibility index (Phi) is 4.92. The monoisotopic (exact) mass is 354 g/mol. The Morgan fingerprint density at radius 2 is 1.79 bits per heavy atom. The lowest BCUT2D eigenvalue weighted by atomic mass is 10.1. The molecule has 0 radical (unpaired) electrons. The highest BCUT2D eigenvalue weighted by molar-refractivity contribution is 7.73. The molecular weight excluding hydrogens is 336 g/mol. The van der Waals surface area contributed by atoms with Gasteiger partial charge < -0.3 is 5.11 Å². The smallest absolute Gasteiger partial charge is 0.212 e. The standard InChI is InChI=1S/C19H18N2OS2/c1-13-8-6-7-11-16(13)20-12-17-18(22)21(19(23)24-17)14(2)15-9-4-3-5-10-15/h3-12,14,22H,1-2H3. The Balaban J connectivity index is 1.96. The maximum atomic E-state index is 10.6. The van der Waals surface area contributed by atoms with Crippen LogP contribution in [0.15, 0.2) is 59.6 Å². The summed E-state index contributed by atoms with van der Waals surface area (Å²) in [5.74, 6) is 0.165. The van der Waals surface area contributed by atoms with Crippen LogP contribution in [-0.4, -0.2) is 15.9 Å². The summed E-state index contributed by atoms with van der Waals surface area (Å²) in [4.78, 5) is 5.16.